The smallest absolute Gasteiger partial charge is 0.350 e. The minimum Gasteiger partial charge on any atom is -0.350 e. The van der Waals surface area contributed by atoms with Crippen LogP contribution in [0.15, 0.2) is 29.4 Å². The van der Waals surface area contributed by atoms with Crippen molar-refractivity contribution < 1.29 is 28.6 Å². The van der Waals surface area contributed by atoms with Gasteiger partial charge in [0.15, 0.2) is 12.1 Å². The summed E-state index contributed by atoms with van der Waals surface area (Å²) in [5.74, 6) is -0.750. The van der Waals surface area contributed by atoms with Gasteiger partial charge in [-0.1, -0.05) is 87.6 Å². The summed E-state index contributed by atoms with van der Waals surface area (Å²) >= 11 is 0. The van der Waals surface area contributed by atoms with Gasteiger partial charge in [0.05, 0.1) is 5.71 Å². The largest absolute Gasteiger partial charge is 0.437 e. The minimum absolute atomic E-state index is 0.366. The lowest BCUT2D eigenvalue weighted by atomic mass is 10.1. The van der Waals surface area contributed by atoms with E-state index in [9.17, 15) is 4.79 Å². The molecule has 0 bridgehead atoms. The lowest BCUT2D eigenvalue weighted by molar-refractivity contribution is -0.226. The Morgan fingerprint density at radius 3 is 2.19 bits per heavy atom. The molecule has 4 atom stereocenters. The third kappa shape index (κ3) is 9.67. The van der Waals surface area contributed by atoms with E-state index in [1.54, 1.807) is 19.1 Å². The number of aryl methyl sites for hydroxylation is 1. The molecule has 8 heteroatoms. The van der Waals surface area contributed by atoms with E-state index in [0.717, 1.165) is 18.4 Å². The lowest BCUT2D eigenvalue weighted by Crippen LogP contribution is -2.34. The number of nitrogens with one attached hydrogen (secondary N) is 1. The highest BCUT2D eigenvalue weighted by Crippen LogP contribution is 2.39. The highest BCUT2D eigenvalue weighted by atomic mass is 16.8. The molecule has 0 spiro atoms. The van der Waals surface area contributed by atoms with E-state index in [2.05, 4.69) is 17.4 Å². The molecular formula is C29H46N2O6. The van der Waals surface area contributed by atoms with Crippen LogP contribution >= 0.6 is 0 Å². The third-order valence-electron chi connectivity index (χ3n) is 6.77. The molecule has 2 saturated heterocycles. The van der Waals surface area contributed by atoms with Gasteiger partial charge in [-0.3, -0.25) is 10.2 Å². The quantitative estimate of drug-likeness (QED) is 0.115. The van der Waals surface area contributed by atoms with E-state index in [0.29, 0.717) is 18.0 Å². The Kier molecular flexibility index (Phi) is 11.8. The number of carbonyl (C=O) groups excluding carboxylic acids is 1. The van der Waals surface area contributed by atoms with Crippen LogP contribution in [0.25, 0.3) is 0 Å². The molecule has 2 heterocycles. The first-order valence-corrected chi connectivity index (χ1v) is 14.0. The van der Waals surface area contributed by atoms with Crippen molar-refractivity contribution in [1.82, 2.24) is 0 Å². The second kappa shape index (κ2) is 14.8. The zero-order valence-electron chi connectivity index (χ0n) is 23.3. The summed E-state index contributed by atoms with van der Waals surface area (Å²) in [5, 5.41) is 6.67. The molecule has 8 nitrogen and oxygen atoms in total. The Morgan fingerprint density at radius 2 is 1.54 bits per heavy atom. The van der Waals surface area contributed by atoms with Gasteiger partial charge in [0.25, 0.3) is 0 Å². The maximum absolute atomic E-state index is 12.2. The van der Waals surface area contributed by atoms with Gasteiger partial charge in [0.1, 0.15) is 18.3 Å². The summed E-state index contributed by atoms with van der Waals surface area (Å²) in [6.45, 7) is 10.3. The molecule has 2 aliphatic heterocycles. The second-order valence-electron chi connectivity index (χ2n) is 10.6. The first-order valence-electron chi connectivity index (χ1n) is 14.0. The summed E-state index contributed by atoms with van der Waals surface area (Å²) in [5.41, 5.74) is 2.23. The first-order chi connectivity index (χ1) is 17.8. The number of benzene rings is 1. The predicted octanol–water partition coefficient (Wildman–Crippen LogP) is 7.10. The molecule has 0 saturated carbocycles. The Labute approximate surface area is 222 Å². The fourth-order valence-electron chi connectivity index (χ4n) is 4.76. The molecule has 2 fully saturated rings. The number of hydrogen-bond acceptors (Lipinski definition) is 7. The number of rotatable bonds is 15. The summed E-state index contributed by atoms with van der Waals surface area (Å²) in [6.07, 6.45) is 10.2. The van der Waals surface area contributed by atoms with E-state index in [-0.39, 0.29) is 12.2 Å². The lowest BCUT2D eigenvalue weighted by Gasteiger charge is -2.24. The van der Waals surface area contributed by atoms with Crippen LogP contribution in [0.4, 0.5) is 10.5 Å². The Hall–Kier alpha value is -2.00. The van der Waals surface area contributed by atoms with Gasteiger partial charge in [-0.2, -0.15) is 0 Å². The highest BCUT2D eigenvalue weighted by Gasteiger charge is 2.56. The van der Waals surface area contributed by atoms with Crippen LogP contribution in [0.2, 0.25) is 0 Å². The fraction of sp³-hybridized carbons (Fsp3) is 0.724. The molecule has 37 heavy (non-hydrogen) atoms. The maximum atomic E-state index is 12.2. The van der Waals surface area contributed by atoms with Crippen LogP contribution in [0.5, 0.6) is 0 Å². The van der Waals surface area contributed by atoms with Crippen LogP contribution in [0, 0.1) is 6.92 Å². The van der Waals surface area contributed by atoms with Crippen molar-refractivity contribution in [3.8, 4) is 0 Å². The van der Waals surface area contributed by atoms with Gasteiger partial charge in [-0.15, -0.1) is 0 Å². The zero-order valence-corrected chi connectivity index (χ0v) is 23.3. The first kappa shape index (κ1) is 29.6. The van der Waals surface area contributed by atoms with Crippen LogP contribution in [-0.4, -0.2) is 48.8 Å². The van der Waals surface area contributed by atoms with Gasteiger partial charge in [-0.25, -0.2) is 4.79 Å². The molecule has 0 aromatic heterocycles. The van der Waals surface area contributed by atoms with Gasteiger partial charge in [0.2, 0.25) is 0 Å². The van der Waals surface area contributed by atoms with E-state index >= 15 is 0 Å². The standard InChI is InChI=1S/C29H46N2O6/c1-6-7-8-9-10-11-12-13-14-15-20-33-27-26-25(35-29(4,5)36-26)24(34-27)22(3)31-37-28(32)30-23-18-16-21(2)17-19-23/h16-19,24-27H,6-15,20H2,1-5H3,(H,30,32)/b31-22-/t24-,25+,26+,27+/m1/s1. The van der Waals surface area contributed by atoms with Gasteiger partial charge in [-0.05, 0) is 46.2 Å². The number of amides is 1. The van der Waals surface area contributed by atoms with Crippen molar-refractivity contribution in [2.75, 3.05) is 11.9 Å². The van der Waals surface area contributed by atoms with E-state index in [1.165, 1.54) is 51.4 Å². The van der Waals surface area contributed by atoms with Crippen molar-refractivity contribution in [3.05, 3.63) is 29.8 Å². The summed E-state index contributed by atoms with van der Waals surface area (Å²) < 4.78 is 24.4. The molecular weight excluding hydrogens is 472 g/mol. The Balaban J connectivity index is 1.41. The van der Waals surface area contributed by atoms with E-state index in [1.807, 2.05) is 32.9 Å². The molecule has 1 N–H and O–H groups in total. The molecule has 0 radical (unpaired) electrons. The Morgan fingerprint density at radius 1 is 0.946 bits per heavy atom. The van der Waals surface area contributed by atoms with Gasteiger partial charge < -0.3 is 18.9 Å². The van der Waals surface area contributed by atoms with E-state index < -0.39 is 24.3 Å². The summed E-state index contributed by atoms with van der Waals surface area (Å²) in [7, 11) is 0. The molecule has 1 aromatic carbocycles. The molecule has 0 aliphatic carbocycles. The average molecular weight is 519 g/mol. The Bertz CT molecular complexity index is 856. The minimum atomic E-state index is -0.750. The van der Waals surface area contributed by atoms with Crippen molar-refractivity contribution in [2.45, 2.75) is 129 Å². The topological polar surface area (TPSA) is 87.6 Å². The van der Waals surface area contributed by atoms with Crippen LogP contribution in [0.1, 0.15) is 97.5 Å². The number of anilines is 1. The molecule has 1 amide bonds. The third-order valence-corrected chi connectivity index (χ3v) is 6.77. The number of fused-ring (bicyclic) bond motifs is 1. The highest BCUT2D eigenvalue weighted by molar-refractivity contribution is 5.89. The summed E-state index contributed by atoms with van der Waals surface area (Å²) in [6, 6.07) is 7.43. The van der Waals surface area contributed by atoms with Gasteiger partial charge >= 0.3 is 6.09 Å². The number of nitrogens with zero attached hydrogens (tertiary/aromatic N) is 1. The number of oxime groups is 1. The monoisotopic (exact) mass is 518 g/mol. The fourth-order valence-corrected chi connectivity index (χ4v) is 4.76. The second-order valence-corrected chi connectivity index (χ2v) is 10.6. The van der Waals surface area contributed by atoms with E-state index in [4.69, 9.17) is 23.8 Å². The SMILES string of the molecule is CCCCCCCCCCCCO[C@H]1O[C@H](/C(C)=N\OC(=O)Nc2ccc(C)cc2)[C@@H]2OC(C)(C)O[C@H]12. The van der Waals surface area contributed by atoms with Gasteiger partial charge in [0, 0.05) is 12.3 Å². The van der Waals surface area contributed by atoms with Crippen LogP contribution < -0.4 is 5.32 Å². The number of hydrogen-bond donors (Lipinski definition) is 1. The maximum Gasteiger partial charge on any atom is 0.437 e. The number of unbranched alkanes of at least 4 members (excludes halogenated alkanes) is 9. The summed E-state index contributed by atoms with van der Waals surface area (Å²) in [4.78, 5) is 17.3. The molecule has 0 unspecified atom stereocenters. The van der Waals surface area contributed by atoms with Crippen molar-refractivity contribution in [3.63, 3.8) is 0 Å². The van der Waals surface area contributed by atoms with Crippen molar-refractivity contribution in [1.29, 1.82) is 0 Å². The van der Waals surface area contributed by atoms with Crippen molar-refractivity contribution in [2.24, 2.45) is 5.16 Å². The van der Waals surface area contributed by atoms with Crippen LogP contribution in [-0.2, 0) is 23.8 Å². The molecule has 2 aliphatic rings. The predicted molar refractivity (Wildman–Crippen MR) is 145 cm³/mol. The normalized spacial score (nSPS) is 24.7. The molecule has 3 rings (SSSR count). The molecule has 1 aromatic rings. The average Bonchev–Trinajstić information content (AvgIpc) is 3.35. The zero-order chi connectivity index (χ0) is 26.7. The molecule has 208 valence electrons. The van der Waals surface area contributed by atoms with Crippen molar-refractivity contribution >= 4 is 17.5 Å². The number of carbonyl (C=O) groups is 1. The van der Waals surface area contributed by atoms with Crippen LogP contribution in [0.3, 0.4) is 0 Å². The number of ether oxygens (including phenoxy) is 4.